The van der Waals surface area contributed by atoms with Crippen LogP contribution in [0.1, 0.15) is 25.3 Å². The first kappa shape index (κ1) is 16.3. The van der Waals surface area contributed by atoms with Crippen molar-refractivity contribution in [1.82, 2.24) is 0 Å². The van der Waals surface area contributed by atoms with Crippen LogP contribution in [-0.2, 0) is 11.2 Å². The molecule has 5 heteroatoms. The van der Waals surface area contributed by atoms with Gasteiger partial charge in [-0.3, -0.25) is 0 Å². The second-order valence-corrected chi connectivity index (χ2v) is 7.15. The number of ether oxygens (including phenoxy) is 2. The number of benzene rings is 1. The molecular weight excluding hydrogens is 386 g/mol. The highest BCUT2D eigenvalue weighted by Crippen LogP contribution is 2.35. The van der Waals surface area contributed by atoms with Crippen molar-refractivity contribution in [2.45, 2.75) is 32.2 Å². The molecule has 2 N–H and O–H groups in total. The monoisotopic (exact) mass is 405 g/mol. The summed E-state index contributed by atoms with van der Waals surface area (Å²) in [4.78, 5) is 0. The van der Waals surface area contributed by atoms with Gasteiger partial charge in [-0.2, -0.15) is 0 Å². The molecule has 1 aromatic rings. The number of rotatable bonds is 5. The SMILES string of the molecule is CC(N)Cc1cc(Br)c(OCC2CCOCC2)c(Br)c1. The quantitative estimate of drug-likeness (QED) is 0.806. The van der Waals surface area contributed by atoms with E-state index >= 15 is 0 Å². The van der Waals surface area contributed by atoms with E-state index in [-0.39, 0.29) is 6.04 Å². The molecule has 0 spiro atoms. The first-order valence-electron chi connectivity index (χ1n) is 7.00. The highest BCUT2D eigenvalue weighted by Gasteiger charge is 2.16. The van der Waals surface area contributed by atoms with Gasteiger partial charge in [0.15, 0.2) is 0 Å². The third kappa shape index (κ3) is 4.72. The van der Waals surface area contributed by atoms with Gasteiger partial charge in [0.05, 0.1) is 15.6 Å². The average molecular weight is 407 g/mol. The van der Waals surface area contributed by atoms with E-state index in [1.165, 1.54) is 5.56 Å². The van der Waals surface area contributed by atoms with E-state index in [1.54, 1.807) is 0 Å². The highest BCUT2D eigenvalue weighted by atomic mass is 79.9. The van der Waals surface area contributed by atoms with Crippen LogP contribution in [0.4, 0.5) is 0 Å². The maximum absolute atomic E-state index is 5.99. The van der Waals surface area contributed by atoms with Crippen molar-refractivity contribution in [3.8, 4) is 5.75 Å². The number of hydrogen-bond donors (Lipinski definition) is 1. The molecule has 1 aliphatic heterocycles. The molecule has 1 aromatic carbocycles. The molecule has 3 nitrogen and oxygen atoms in total. The van der Waals surface area contributed by atoms with Crippen LogP contribution in [0, 0.1) is 5.92 Å². The summed E-state index contributed by atoms with van der Waals surface area (Å²) >= 11 is 7.18. The molecule has 0 aromatic heterocycles. The maximum atomic E-state index is 5.99. The zero-order chi connectivity index (χ0) is 14.5. The summed E-state index contributed by atoms with van der Waals surface area (Å²) in [5, 5.41) is 0. The second-order valence-electron chi connectivity index (χ2n) is 5.44. The average Bonchev–Trinajstić information content (AvgIpc) is 2.38. The molecule has 112 valence electrons. The third-order valence-electron chi connectivity index (χ3n) is 3.42. The fraction of sp³-hybridized carbons (Fsp3) is 0.600. The fourth-order valence-corrected chi connectivity index (χ4v) is 3.86. The van der Waals surface area contributed by atoms with Gasteiger partial charge in [0.25, 0.3) is 0 Å². The zero-order valence-electron chi connectivity index (χ0n) is 11.7. The fourth-order valence-electron chi connectivity index (χ4n) is 2.35. The minimum absolute atomic E-state index is 0.155. The largest absolute Gasteiger partial charge is 0.491 e. The van der Waals surface area contributed by atoms with Crippen LogP contribution >= 0.6 is 31.9 Å². The standard InChI is InChI=1S/C15H21Br2NO2/c1-10(18)6-12-7-13(16)15(14(17)8-12)20-9-11-2-4-19-5-3-11/h7-8,10-11H,2-6,9,18H2,1H3. The summed E-state index contributed by atoms with van der Waals surface area (Å²) in [5.41, 5.74) is 7.05. The summed E-state index contributed by atoms with van der Waals surface area (Å²) in [6, 6.07) is 4.34. The van der Waals surface area contributed by atoms with E-state index in [4.69, 9.17) is 15.2 Å². The van der Waals surface area contributed by atoms with Gasteiger partial charge in [-0.1, -0.05) is 0 Å². The topological polar surface area (TPSA) is 44.5 Å². The normalized spacial score (nSPS) is 18.0. The van der Waals surface area contributed by atoms with Crippen LogP contribution < -0.4 is 10.5 Å². The summed E-state index contributed by atoms with van der Waals surface area (Å²) in [6.45, 7) is 4.46. The van der Waals surface area contributed by atoms with E-state index in [9.17, 15) is 0 Å². The Labute approximate surface area is 137 Å². The van der Waals surface area contributed by atoms with Gasteiger partial charge in [-0.05, 0) is 81.7 Å². The molecule has 0 radical (unpaired) electrons. The van der Waals surface area contributed by atoms with Crippen LogP contribution in [0.15, 0.2) is 21.1 Å². The minimum atomic E-state index is 0.155. The third-order valence-corrected chi connectivity index (χ3v) is 4.60. The summed E-state index contributed by atoms with van der Waals surface area (Å²) < 4.78 is 13.3. The van der Waals surface area contributed by atoms with Gasteiger partial charge in [-0.15, -0.1) is 0 Å². The number of halogens is 2. The van der Waals surface area contributed by atoms with E-state index in [0.29, 0.717) is 5.92 Å². The summed E-state index contributed by atoms with van der Waals surface area (Å²) in [6.07, 6.45) is 3.02. The van der Waals surface area contributed by atoms with Gasteiger partial charge in [0.2, 0.25) is 0 Å². The Morgan fingerprint density at radius 3 is 2.45 bits per heavy atom. The van der Waals surface area contributed by atoms with E-state index in [1.807, 2.05) is 6.92 Å². The molecule has 1 heterocycles. The van der Waals surface area contributed by atoms with Crippen molar-refractivity contribution < 1.29 is 9.47 Å². The first-order valence-corrected chi connectivity index (χ1v) is 8.59. The molecule has 1 atom stereocenters. The van der Waals surface area contributed by atoms with E-state index in [2.05, 4.69) is 44.0 Å². The summed E-state index contributed by atoms with van der Waals surface area (Å²) in [5.74, 6) is 1.47. The molecule has 0 aliphatic carbocycles. The van der Waals surface area contributed by atoms with E-state index in [0.717, 1.165) is 53.8 Å². The van der Waals surface area contributed by atoms with Crippen molar-refractivity contribution in [3.05, 3.63) is 26.6 Å². The molecule has 20 heavy (non-hydrogen) atoms. The number of hydrogen-bond acceptors (Lipinski definition) is 3. The van der Waals surface area contributed by atoms with Gasteiger partial charge < -0.3 is 15.2 Å². The van der Waals surface area contributed by atoms with E-state index < -0.39 is 0 Å². The number of nitrogens with two attached hydrogens (primary N) is 1. The Bertz CT molecular complexity index is 422. The molecule has 1 aliphatic rings. The van der Waals surface area contributed by atoms with Gasteiger partial charge in [0.1, 0.15) is 5.75 Å². The van der Waals surface area contributed by atoms with Crippen molar-refractivity contribution in [3.63, 3.8) is 0 Å². The second kappa shape index (κ2) is 7.78. The molecule has 0 amide bonds. The van der Waals surface area contributed by atoms with Gasteiger partial charge in [0, 0.05) is 19.3 Å². The predicted octanol–water partition coefficient (Wildman–Crippen LogP) is 3.91. The van der Waals surface area contributed by atoms with Crippen LogP contribution in [0.2, 0.25) is 0 Å². The lowest BCUT2D eigenvalue weighted by molar-refractivity contribution is 0.0495. The lowest BCUT2D eigenvalue weighted by Crippen LogP contribution is -2.21. The first-order chi connectivity index (χ1) is 9.56. The maximum Gasteiger partial charge on any atom is 0.147 e. The van der Waals surface area contributed by atoms with Gasteiger partial charge in [-0.25, -0.2) is 0 Å². The molecule has 1 unspecified atom stereocenters. The Morgan fingerprint density at radius 2 is 1.90 bits per heavy atom. The smallest absolute Gasteiger partial charge is 0.147 e. The molecule has 0 bridgehead atoms. The Morgan fingerprint density at radius 1 is 1.30 bits per heavy atom. The minimum Gasteiger partial charge on any atom is -0.491 e. The Hall–Kier alpha value is -0.100. The van der Waals surface area contributed by atoms with Crippen LogP contribution in [0.25, 0.3) is 0 Å². The molecule has 1 saturated heterocycles. The van der Waals surface area contributed by atoms with Crippen LogP contribution in [-0.4, -0.2) is 25.9 Å². The van der Waals surface area contributed by atoms with Gasteiger partial charge >= 0.3 is 0 Å². The Kier molecular flexibility index (Phi) is 6.33. The molecular formula is C15H21Br2NO2. The molecule has 1 fully saturated rings. The lowest BCUT2D eigenvalue weighted by Gasteiger charge is -2.23. The molecule has 2 rings (SSSR count). The van der Waals surface area contributed by atoms with Crippen LogP contribution in [0.5, 0.6) is 5.75 Å². The van der Waals surface area contributed by atoms with Crippen molar-refractivity contribution >= 4 is 31.9 Å². The highest BCUT2D eigenvalue weighted by molar-refractivity contribution is 9.11. The lowest BCUT2D eigenvalue weighted by atomic mass is 10.0. The van der Waals surface area contributed by atoms with Crippen molar-refractivity contribution in [2.75, 3.05) is 19.8 Å². The predicted molar refractivity (Wildman–Crippen MR) is 88.2 cm³/mol. The summed E-state index contributed by atoms with van der Waals surface area (Å²) in [7, 11) is 0. The molecule has 0 saturated carbocycles. The van der Waals surface area contributed by atoms with Crippen LogP contribution in [0.3, 0.4) is 0 Å². The van der Waals surface area contributed by atoms with Crippen molar-refractivity contribution in [1.29, 1.82) is 0 Å². The van der Waals surface area contributed by atoms with Crippen molar-refractivity contribution in [2.24, 2.45) is 11.7 Å². The zero-order valence-corrected chi connectivity index (χ0v) is 14.9. The Balaban J connectivity index is 2.00.